The molecular weight excluding hydrogens is 354 g/mol. The monoisotopic (exact) mass is 375 g/mol. The number of amides is 1. The molecule has 0 saturated carbocycles. The Balaban J connectivity index is 1.71. The van der Waals surface area contributed by atoms with Crippen molar-refractivity contribution in [2.75, 3.05) is 24.8 Å². The first kappa shape index (κ1) is 18.4. The van der Waals surface area contributed by atoms with E-state index in [1.165, 1.54) is 12.1 Å². The summed E-state index contributed by atoms with van der Waals surface area (Å²) in [5.41, 5.74) is 0.642. The van der Waals surface area contributed by atoms with Crippen molar-refractivity contribution in [3.63, 3.8) is 0 Å². The zero-order valence-corrected chi connectivity index (χ0v) is 15.3. The normalized spacial score (nSPS) is 17.0. The number of carbonyl (C=O) groups is 1. The highest BCUT2D eigenvalue weighted by Gasteiger charge is 2.19. The van der Waals surface area contributed by atoms with Gasteiger partial charge in [0.2, 0.25) is 0 Å². The average molecular weight is 375 g/mol. The first-order valence-electron chi connectivity index (χ1n) is 8.38. The van der Waals surface area contributed by atoms with Crippen molar-refractivity contribution in [1.29, 1.82) is 0 Å². The lowest BCUT2D eigenvalue weighted by Crippen LogP contribution is -2.17. The average Bonchev–Trinajstić information content (AvgIpc) is 3.13. The summed E-state index contributed by atoms with van der Waals surface area (Å²) in [6.07, 6.45) is 3.22. The minimum atomic E-state index is -3.50. The number of ether oxygens (including phenoxy) is 2. The summed E-state index contributed by atoms with van der Waals surface area (Å²) < 4.78 is 35.0. The van der Waals surface area contributed by atoms with Gasteiger partial charge in [0, 0.05) is 24.6 Å². The van der Waals surface area contributed by atoms with Gasteiger partial charge < -0.3 is 14.8 Å². The molecule has 26 heavy (non-hydrogen) atoms. The van der Waals surface area contributed by atoms with E-state index in [2.05, 4.69) is 5.32 Å². The molecule has 2 aromatic carbocycles. The van der Waals surface area contributed by atoms with Crippen LogP contribution in [0, 0.1) is 0 Å². The summed E-state index contributed by atoms with van der Waals surface area (Å²) >= 11 is 0. The van der Waals surface area contributed by atoms with E-state index >= 15 is 0 Å². The molecule has 1 aliphatic heterocycles. The molecule has 0 spiro atoms. The second-order valence-electron chi connectivity index (χ2n) is 6.20. The van der Waals surface area contributed by atoms with Gasteiger partial charge in [-0.05, 0) is 37.1 Å². The second kappa shape index (κ2) is 7.88. The number of hydrogen-bond acceptors (Lipinski definition) is 5. The summed E-state index contributed by atoms with van der Waals surface area (Å²) in [4.78, 5) is 12.5. The lowest BCUT2D eigenvalue weighted by Gasteiger charge is -2.13. The molecule has 3 rings (SSSR count). The minimum absolute atomic E-state index is 0.00304. The molecule has 1 saturated heterocycles. The number of sulfone groups is 1. The van der Waals surface area contributed by atoms with Crippen molar-refractivity contribution in [1.82, 2.24) is 0 Å². The zero-order chi connectivity index (χ0) is 18.6. The number of nitrogens with one attached hydrogen (secondary N) is 1. The smallest absolute Gasteiger partial charge is 0.256 e. The zero-order valence-electron chi connectivity index (χ0n) is 14.5. The molecule has 0 bridgehead atoms. The van der Waals surface area contributed by atoms with Crippen LogP contribution in [-0.2, 0) is 14.6 Å². The van der Waals surface area contributed by atoms with E-state index in [1.807, 2.05) is 0 Å². The van der Waals surface area contributed by atoms with Crippen LogP contribution in [0.5, 0.6) is 5.75 Å². The third kappa shape index (κ3) is 4.62. The summed E-state index contributed by atoms with van der Waals surface area (Å²) in [6.45, 7) is 1.23. The molecule has 6 nitrogen and oxygen atoms in total. The Labute approximate surface area is 153 Å². The summed E-state index contributed by atoms with van der Waals surface area (Å²) in [6, 6.07) is 13.1. The molecule has 0 aromatic heterocycles. The van der Waals surface area contributed by atoms with Crippen molar-refractivity contribution >= 4 is 21.4 Å². The van der Waals surface area contributed by atoms with E-state index in [0.717, 1.165) is 25.7 Å². The van der Waals surface area contributed by atoms with E-state index in [0.29, 0.717) is 18.0 Å². The molecule has 2 aromatic rings. The Morgan fingerprint density at radius 2 is 2.04 bits per heavy atom. The van der Waals surface area contributed by atoms with Crippen LogP contribution >= 0.6 is 0 Å². The molecule has 7 heteroatoms. The van der Waals surface area contributed by atoms with Crippen LogP contribution in [0.1, 0.15) is 23.2 Å². The predicted molar refractivity (Wildman–Crippen MR) is 98.4 cm³/mol. The van der Waals surface area contributed by atoms with Crippen molar-refractivity contribution in [2.24, 2.45) is 0 Å². The van der Waals surface area contributed by atoms with Gasteiger partial charge in [0.1, 0.15) is 12.4 Å². The molecule has 1 atom stereocenters. The van der Waals surface area contributed by atoms with Crippen LogP contribution in [0.2, 0.25) is 0 Å². The molecule has 0 unspecified atom stereocenters. The number of benzene rings is 2. The molecule has 1 aliphatic rings. The van der Waals surface area contributed by atoms with Gasteiger partial charge in [-0.2, -0.15) is 0 Å². The fourth-order valence-electron chi connectivity index (χ4n) is 2.80. The molecule has 1 amide bonds. The summed E-state index contributed by atoms with van der Waals surface area (Å²) in [5, 5.41) is 2.72. The van der Waals surface area contributed by atoms with Crippen LogP contribution in [0.3, 0.4) is 0 Å². The van der Waals surface area contributed by atoms with Gasteiger partial charge in [0.25, 0.3) is 5.91 Å². The summed E-state index contributed by atoms with van der Waals surface area (Å²) in [7, 11) is -3.50. The number of anilines is 1. The van der Waals surface area contributed by atoms with E-state index in [9.17, 15) is 13.2 Å². The third-order valence-corrected chi connectivity index (χ3v) is 5.24. The topological polar surface area (TPSA) is 81.7 Å². The van der Waals surface area contributed by atoms with Gasteiger partial charge in [-0.1, -0.05) is 18.2 Å². The maximum absolute atomic E-state index is 12.5. The molecule has 1 heterocycles. The minimum Gasteiger partial charge on any atom is -0.491 e. The molecular formula is C19H21NO5S. The van der Waals surface area contributed by atoms with Crippen LogP contribution in [0.4, 0.5) is 5.69 Å². The third-order valence-electron chi connectivity index (χ3n) is 4.08. The van der Waals surface area contributed by atoms with Crippen LogP contribution in [0.15, 0.2) is 53.4 Å². The van der Waals surface area contributed by atoms with Crippen molar-refractivity contribution in [3.8, 4) is 5.75 Å². The van der Waals surface area contributed by atoms with Gasteiger partial charge >= 0.3 is 0 Å². The highest BCUT2D eigenvalue weighted by Crippen LogP contribution is 2.22. The maximum Gasteiger partial charge on any atom is 0.256 e. The van der Waals surface area contributed by atoms with E-state index < -0.39 is 15.7 Å². The summed E-state index contributed by atoms with van der Waals surface area (Å²) in [5.74, 6) is 0.136. The number of carbonyl (C=O) groups excluding carboxylic acids is 1. The molecule has 138 valence electrons. The highest BCUT2D eigenvalue weighted by molar-refractivity contribution is 7.90. The molecule has 0 aliphatic carbocycles. The van der Waals surface area contributed by atoms with Gasteiger partial charge in [-0.15, -0.1) is 0 Å². The van der Waals surface area contributed by atoms with Gasteiger partial charge in [0.15, 0.2) is 9.84 Å². The fraction of sp³-hybridized carbons (Fsp3) is 0.316. The number of hydrogen-bond donors (Lipinski definition) is 1. The molecule has 1 N–H and O–H groups in total. The van der Waals surface area contributed by atoms with E-state index in [1.54, 1.807) is 36.4 Å². The standard InChI is InChI=1S/C19H21NO5S/c1-26(22,23)18-10-3-2-9-17(18)19(21)20-14-6-4-7-15(12-14)25-13-16-8-5-11-24-16/h2-4,6-7,9-10,12,16H,5,8,11,13H2,1H3,(H,20,21)/t16-/m1/s1. The van der Waals surface area contributed by atoms with Gasteiger partial charge in [-0.3, -0.25) is 4.79 Å². The van der Waals surface area contributed by atoms with Gasteiger partial charge in [0.05, 0.1) is 16.6 Å². The highest BCUT2D eigenvalue weighted by atomic mass is 32.2. The molecule has 1 fully saturated rings. The maximum atomic E-state index is 12.5. The van der Waals surface area contributed by atoms with Crippen LogP contribution in [-0.4, -0.2) is 39.9 Å². The first-order chi connectivity index (χ1) is 12.4. The quantitative estimate of drug-likeness (QED) is 0.840. The van der Waals surface area contributed by atoms with E-state index in [-0.39, 0.29) is 16.6 Å². The Bertz CT molecular complexity index is 888. The van der Waals surface area contributed by atoms with Crippen molar-refractivity contribution < 1.29 is 22.7 Å². The fourth-order valence-corrected chi connectivity index (χ4v) is 3.69. The Morgan fingerprint density at radius 1 is 1.23 bits per heavy atom. The predicted octanol–water partition coefficient (Wildman–Crippen LogP) is 2.90. The van der Waals surface area contributed by atoms with Crippen LogP contribution < -0.4 is 10.1 Å². The lowest BCUT2D eigenvalue weighted by atomic mass is 10.2. The Hall–Kier alpha value is -2.38. The second-order valence-corrected chi connectivity index (χ2v) is 8.18. The van der Waals surface area contributed by atoms with Crippen LogP contribution in [0.25, 0.3) is 0 Å². The first-order valence-corrected chi connectivity index (χ1v) is 10.3. The largest absolute Gasteiger partial charge is 0.491 e. The van der Waals surface area contributed by atoms with Crippen molar-refractivity contribution in [2.45, 2.75) is 23.8 Å². The SMILES string of the molecule is CS(=O)(=O)c1ccccc1C(=O)Nc1cccc(OC[C@H]2CCCO2)c1. The van der Waals surface area contributed by atoms with Crippen molar-refractivity contribution in [3.05, 3.63) is 54.1 Å². The Kier molecular flexibility index (Phi) is 5.58. The molecule has 0 radical (unpaired) electrons. The lowest BCUT2D eigenvalue weighted by molar-refractivity contribution is 0.0680. The van der Waals surface area contributed by atoms with Gasteiger partial charge in [-0.25, -0.2) is 8.42 Å². The number of rotatable bonds is 6. The van der Waals surface area contributed by atoms with E-state index in [4.69, 9.17) is 9.47 Å². The Morgan fingerprint density at radius 3 is 2.77 bits per heavy atom.